The molecule has 0 spiro atoms. The monoisotopic (exact) mass is 184 g/mol. The van der Waals surface area contributed by atoms with Crippen LogP contribution in [0.1, 0.15) is 28.5 Å². The summed E-state index contributed by atoms with van der Waals surface area (Å²) in [4.78, 5) is -0.179. The minimum absolute atomic E-state index is 0. The molecule has 0 aromatic carbocycles. The summed E-state index contributed by atoms with van der Waals surface area (Å²) in [5.74, 6) is 0. The van der Waals surface area contributed by atoms with Crippen molar-refractivity contribution in [2.24, 2.45) is 0 Å². The van der Waals surface area contributed by atoms with E-state index in [1.54, 1.807) is 0 Å². The first-order valence-electron chi connectivity index (χ1n) is 2.84. The molecule has 0 aromatic rings. The van der Waals surface area contributed by atoms with Gasteiger partial charge in [-0.15, -0.1) is 23.2 Å². The van der Waals surface area contributed by atoms with Crippen molar-refractivity contribution < 1.29 is 2.85 Å². The molecule has 0 fully saturated rings. The van der Waals surface area contributed by atoms with Crippen LogP contribution in [0, 0.1) is 6.92 Å². The molecule has 9 heavy (non-hydrogen) atoms. The summed E-state index contributed by atoms with van der Waals surface area (Å²) in [5.41, 5.74) is 0. The van der Waals surface area contributed by atoms with Crippen molar-refractivity contribution >= 4 is 40.6 Å². The fourth-order valence-electron chi connectivity index (χ4n) is 0.475. The summed E-state index contributed by atoms with van der Waals surface area (Å²) >= 11 is 10.9. The van der Waals surface area contributed by atoms with Crippen LogP contribution in [0.15, 0.2) is 0 Å². The van der Waals surface area contributed by atoms with Crippen LogP contribution in [0.25, 0.3) is 0 Å². The van der Waals surface area contributed by atoms with E-state index in [1.807, 2.05) is 0 Å². The average molecular weight is 185 g/mol. The first-order chi connectivity index (χ1) is 3.77. The van der Waals surface area contributed by atoms with Gasteiger partial charge in [0.05, 0.1) is 0 Å². The molecule has 0 heterocycles. The Morgan fingerprint density at radius 2 is 1.89 bits per heavy atom. The molecule has 4 radical (unpaired) electrons. The van der Waals surface area contributed by atoms with Crippen molar-refractivity contribution in [3.63, 3.8) is 0 Å². The van der Waals surface area contributed by atoms with E-state index in [1.165, 1.54) is 0 Å². The van der Waals surface area contributed by atoms with Crippen molar-refractivity contribution in [1.82, 2.24) is 0 Å². The Kier molecular flexibility index (Phi) is 12.9. The first-order valence-corrected chi connectivity index (χ1v) is 3.72. The molecule has 0 aliphatic rings. The van der Waals surface area contributed by atoms with Crippen molar-refractivity contribution in [1.29, 1.82) is 0 Å². The van der Waals surface area contributed by atoms with Gasteiger partial charge in [0.15, 0.2) is 0 Å². The highest BCUT2D eigenvalue weighted by atomic mass is 35.5. The quantitative estimate of drug-likeness (QED) is 0.358. The second kappa shape index (κ2) is 9.11. The van der Waals surface area contributed by atoms with Gasteiger partial charge in [-0.05, 0) is 6.42 Å². The second-order valence-corrected chi connectivity index (χ2v) is 3.02. The van der Waals surface area contributed by atoms with Gasteiger partial charge in [-0.3, -0.25) is 0 Å². The number of hydrogen-bond donors (Lipinski definition) is 0. The molecule has 56 valence electrons. The molecule has 0 rings (SSSR count). The van der Waals surface area contributed by atoms with E-state index in [2.05, 4.69) is 6.92 Å². The van der Waals surface area contributed by atoms with Crippen molar-refractivity contribution in [3.05, 3.63) is 6.92 Å². The average Bonchev–Trinajstić information content (AvgIpc) is 1.66. The Hall–Kier alpha value is 1.11. The van der Waals surface area contributed by atoms with Gasteiger partial charge in [-0.25, -0.2) is 0 Å². The third-order valence-electron chi connectivity index (χ3n) is 0.922. The zero-order chi connectivity index (χ0) is 6.41. The number of halogens is 2. The number of alkyl halides is 2. The van der Waals surface area contributed by atoms with E-state index in [0.717, 1.165) is 25.7 Å². The lowest BCUT2D eigenvalue weighted by atomic mass is 10.2. The molecular weight excluding hydrogens is 170 g/mol. The number of hydrogen-bond acceptors (Lipinski definition) is 0. The maximum atomic E-state index is 5.46. The minimum Gasteiger partial charge on any atom is -0.105 e. The molecule has 0 N–H and O–H groups in total. The Labute approximate surface area is 81.0 Å². The highest BCUT2D eigenvalue weighted by Crippen LogP contribution is 2.11. The van der Waals surface area contributed by atoms with E-state index >= 15 is 0 Å². The largest absolute Gasteiger partial charge is 0.107 e. The van der Waals surface area contributed by atoms with E-state index < -0.39 is 0 Å². The summed E-state index contributed by atoms with van der Waals surface area (Å²) in [6.07, 6.45) is 4.12. The molecule has 0 atom stereocenters. The van der Waals surface area contributed by atoms with Crippen LogP contribution < -0.4 is 0 Å². The summed E-state index contributed by atoms with van der Waals surface area (Å²) in [5, 5.41) is 0. The fraction of sp³-hybridized carbons (Fsp3) is 0.833. The van der Waals surface area contributed by atoms with Crippen LogP contribution in [0.2, 0.25) is 0 Å². The molecule has 0 aliphatic heterocycles. The Balaban J connectivity index is -0.0000000817. The van der Waals surface area contributed by atoms with Crippen LogP contribution in [0.3, 0.4) is 0 Å². The zero-order valence-electron chi connectivity index (χ0n) is 5.45. The third kappa shape index (κ3) is 12.3. The standard InChI is InChI=1S/C6H11Cl2.Al.2H2/c1-2-3-4-5-6(7)8;;;/h6H,1-5H2;;2*1H. The SMILES string of the molecule is [Al].[CH2]CCCCC(Cl)Cl.[HH].[HH]. The smallest absolute Gasteiger partial charge is 0.105 e. The van der Waals surface area contributed by atoms with Crippen LogP contribution in [-0.4, -0.2) is 22.2 Å². The minimum atomic E-state index is -0.179. The summed E-state index contributed by atoms with van der Waals surface area (Å²) in [6, 6.07) is 0. The topological polar surface area (TPSA) is 0 Å². The molecule has 0 unspecified atom stereocenters. The van der Waals surface area contributed by atoms with Gasteiger partial charge in [0, 0.05) is 20.2 Å². The number of unbranched alkanes of at least 4 members (excludes halogenated alkanes) is 2. The van der Waals surface area contributed by atoms with Gasteiger partial charge in [0.25, 0.3) is 0 Å². The molecular formula is C6H15AlCl2. The maximum Gasteiger partial charge on any atom is 0.107 e. The van der Waals surface area contributed by atoms with Gasteiger partial charge in [-0.2, -0.15) is 0 Å². The highest BCUT2D eigenvalue weighted by molar-refractivity contribution is 6.44. The lowest BCUT2D eigenvalue weighted by Crippen LogP contribution is -1.84. The predicted molar refractivity (Wildman–Crippen MR) is 49.3 cm³/mol. The van der Waals surface area contributed by atoms with Crippen LogP contribution in [-0.2, 0) is 0 Å². The van der Waals surface area contributed by atoms with Crippen molar-refractivity contribution in [3.8, 4) is 0 Å². The molecule has 0 saturated heterocycles. The van der Waals surface area contributed by atoms with Gasteiger partial charge in [0.1, 0.15) is 4.84 Å². The fourth-order valence-corrected chi connectivity index (χ4v) is 0.784. The Morgan fingerprint density at radius 1 is 1.33 bits per heavy atom. The predicted octanol–water partition coefficient (Wildman–Crippen LogP) is 3.30. The third-order valence-corrected chi connectivity index (χ3v) is 1.36. The van der Waals surface area contributed by atoms with E-state index in [4.69, 9.17) is 23.2 Å². The van der Waals surface area contributed by atoms with Gasteiger partial charge in [-0.1, -0.05) is 26.2 Å². The van der Waals surface area contributed by atoms with Crippen LogP contribution in [0.4, 0.5) is 0 Å². The molecule has 0 aromatic heterocycles. The zero-order valence-corrected chi connectivity index (χ0v) is 8.11. The second-order valence-electron chi connectivity index (χ2n) is 1.74. The summed E-state index contributed by atoms with van der Waals surface area (Å²) in [6.45, 7) is 3.70. The molecule has 3 heteroatoms. The van der Waals surface area contributed by atoms with E-state index in [9.17, 15) is 0 Å². The molecule has 0 aliphatic carbocycles. The highest BCUT2D eigenvalue weighted by Gasteiger charge is 1.95. The van der Waals surface area contributed by atoms with E-state index in [-0.39, 0.29) is 25.1 Å². The molecule has 0 nitrogen and oxygen atoms in total. The lowest BCUT2D eigenvalue weighted by Gasteiger charge is -1.96. The van der Waals surface area contributed by atoms with Crippen molar-refractivity contribution in [2.45, 2.75) is 30.5 Å². The summed E-state index contributed by atoms with van der Waals surface area (Å²) < 4.78 is 0. The first kappa shape index (κ1) is 12.8. The maximum absolute atomic E-state index is 5.46. The van der Waals surface area contributed by atoms with E-state index in [0.29, 0.717) is 0 Å². The molecule has 0 amide bonds. The van der Waals surface area contributed by atoms with Gasteiger partial charge in [0.2, 0.25) is 0 Å². The van der Waals surface area contributed by atoms with Crippen LogP contribution in [0.5, 0.6) is 0 Å². The lowest BCUT2D eigenvalue weighted by molar-refractivity contribution is 0.716. The summed E-state index contributed by atoms with van der Waals surface area (Å²) in [7, 11) is 0. The van der Waals surface area contributed by atoms with Gasteiger partial charge >= 0.3 is 0 Å². The number of rotatable bonds is 4. The van der Waals surface area contributed by atoms with Crippen LogP contribution >= 0.6 is 23.2 Å². The van der Waals surface area contributed by atoms with Crippen molar-refractivity contribution in [2.75, 3.05) is 0 Å². The molecule has 0 saturated carbocycles. The Morgan fingerprint density at radius 3 is 2.22 bits per heavy atom. The van der Waals surface area contributed by atoms with Gasteiger partial charge < -0.3 is 0 Å². The normalized spacial score (nSPS) is 9.33. The Bertz CT molecular complexity index is 55.8. The molecule has 0 bridgehead atoms.